The average Bonchev–Trinajstić information content (AvgIpc) is 1.88. The van der Waals surface area contributed by atoms with Gasteiger partial charge in [0.05, 0.1) is 23.0 Å². The fourth-order valence-corrected chi connectivity index (χ4v) is 0.897. The predicted octanol–water partition coefficient (Wildman–Crippen LogP) is 0.357. The standard InChI is InChI=1S/C4H6BrNO4/c5-3-1-9-4(6(7)8)10-2-3/h3-4H,1-2H2. The highest BCUT2D eigenvalue weighted by Crippen LogP contribution is 2.11. The largest absolute Gasteiger partial charge is 0.432 e. The van der Waals surface area contributed by atoms with E-state index in [1.54, 1.807) is 0 Å². The molecule has 58 valence electrons. The first-order valence-electron chi connectivity index (χ1n) is 2.71. The highest BCUT2D eigenvalue weighted by atomic mass is 79.9. The molecule has 0 amide bonds. The van der Waals surface area contributed by atoms with Crippen LogP contribution in [0.25, 0.3) is 0 Å². The van der Waals surface area contributed by atoms with Gasteiger partial charge >= 0.3 is 6.41 Å². The molecule has 0 radical (unpaired) electrons. The van der Waals surface area contributed by atoms with E-state index in [0.29, 0.717) is 13.2 Å². The predicted molar refractivity (Wildman–Crippen MR) is 35.4 cm³/mol. The molecule has 0 unspecified atom stereocenters. The molecule has 1 fully saturated rings. The number of nitrogens with zero attached hydrogens (tertiary/aromatic N) is 1. The van der Waals surface area contributed by atoms with Crippen molar-refractivity contribution in [2.45, 2.75) is 11.2 Å². The zero-order valence-corrected chi connectivity index (χ0v) is 6.61. The minimum Gasteiger partial charge on any atom is -0.292 e. The van der Waals surface area contributed by atoms with Crippen LogP contribution in [0.3, 0.4) is 0 Å². The summed E-state index contributed by atoms with van der Waals surface area (Å²) in [5.41, 5.74) is 0. The Morgan fingerprint density at radius 1 is 1.50 bits per heavy atom. The molecule has 1 rings (SSSR count). The smallest absolute Gasteiger partial charge is 0.292 e. The molecule has 0 aliphatic carbocycles. The molecule has 1 aliphatic heterocycles. The van der Waals surface area contributed by atoms with Gasteiger partial charge in [-0.05, 0) is 0 Å². The van der Waals surface area contributed by atoms with Crippen LogP contribution in [0.15, 0.2) is 0 Å². The third-order valence-electron chi connectivity index (χ3n) is 1.01. The number of halogens is 1. The topological polar surface area (TPSA) is 61.6 Å². The molecule has 0 bridgehead atoms. The Kier molecular flexibility index (Phi) is 2.58. The third kappa shape index (κ3) is 1.89. The van der Waals surface area contributed by atoms with Crippen molar-refractivity contribution < 1.29 is 14.4 Å². The number of nitro groups is 1. The quantitative estimate of drug-likeness (QED) is 0.357. The van der Waals surface area contributed by atoms with Crippen LogP contribution in [-0.2, 0) is 9.47 Å². The van der Waals surface area contributed by atoms with Gasteiger partial charge in [-0.25, -0.2) is 0 Å². The van der Waals surface area contributed by atoms with Gasteiger partial charge in [-0.1, -0.05) is 15.9 Å². The highest BCUT2D eigenvalue weighted by Gasteiger charge is 2.28. The van der Waals surface area contributed by atoms with Gasteiger partial charge in [0.2, 0.25) is 0 Å². The number of hydrogen-bond donors (Lipinski definition) is 0. The third-order valence-corrected chi connectivity index (χ3v) is 1.54. The minimum absolute atomic E-state index is 0.0729. The Balaban J connectivity index is 2.33. The number of ether oxygens (including phenoxy) is 2. The van der Waals surface area contributed by atoms with Crippen LogP contribution in [0.5, 0.6) is 0 Å². The van der Waals surface area contributed by atoms with Crippen LogP contribution < -0.4 is 0 Å². The summed E-state index contributed by atoms with van der Waals surface area (Å²) in [7, 11) is 0. The molecule has 0 aromatic rings. The normalized spacial score (nSPS) is 33.7. The van der Waals surface area contributed by atoms with Crippen molar-refractivity contribution in [3.05, 3.63) is 10.1 Å². The van der Waals surface area contributed by atoms with E-state index in [-0.39, 0.29) is 4.83 Å². The molecule has 0 aromatic heterocycles. The van der Waals surface area contributed by atoms with E-state index in [1.807, 2.05) is 0 Å². The first-order valence-corrected chi connectivity index (χ1v) is 3.62. The van der Waals surface area contributed by atoms with Crippen molar-refractivity contribution in [2.24, 2.45) is 0 Å². The van der Waals surface area contributed by atoms with Gasteiger partial charge in [0, 0.05) is 0 Å². The molecule has 1 saturated heterocycles. The zero-order chi connectivity index (χ0) is 7.56. The Labute approximate surface area is 65.6 Å². The van der Waals surface area contributed by atoms with Crippen molar-refractivity contribution in [2.75, 3.05) is 13.2 Å². The van der Waals surface area contributed by atoms with E-state index in [0.717, 1.165) is 0 Å². The molecule has 0 atom stereocenters. The maximum Gasteiger partial charge on any atom is 0.432 e. The van der Waals surface area contributed by atoms with Crippen LogP contribution in [-0.4, -0.2) is 29.4 Å². The van der Waals surface area contributed by atoms with Crippen LogP contribution in [0.2, 0.25) is 0 Å². The molecule has 0 spiro atoms. The lowest BCUT2D eigenvalue weighted by molar-refractivity contribution is -0.638. The average molecular weight is 212 g/mol. The second kappa shape index (κ2) is 3.27. The number of rotatable bonds is 1. The van der Waals surface area contributed by atoms with E-state index in [2.05, 4.69) is 25.4 Å². The summed E-state index contributed by atoms with van der Waals surface area (Å²) in [6.45, 7) is 0.650. The van der Waals surface area contributed by atoms with Crippen molar-refractivity contribution in [3.8, 4) is 0 Å². The Morgan fingerprint density at radius 2 is 2.00 bits per heavy atom. The van der Waals surface area contributed by atoms with Gasteiger partial charge < -0.3 is 0 Å². The summed E-state index contributed by atoms with van der Waals surface area (Å²) in [5, 5.41) is 10.0. The molecule has 1 heterocycles. The maximum absolute atomic E-state index is 10.0. The fraction of sp³-hybridized carbons (Fsp3) is 1.00. The fourth-order valence-electron chi connectivity index (χ4n) is 0.591. The summed E-state index contributed by atoms with van der Waals surface area (Å²) < 4.78 is 9.37. The summed E-state index contributed by atoms with van der Waals surface area (Å²) in [6.07, 6.45) is -1.27. The number of alkyl halides is 1. The first-order chi connectivity index (χ1) is 4.70. The Morgan fingerprint density at radius 3 is 2.40 bits per heavy atom. The molecule has 6 heteroatoms. The van der Waals surface area contributed by atoms with Crippen LogP contribution in [0, 0.1) is 10.1 Å². The van der Waals surface area contributed by atoms with Gasteiger partial charge in [-0.15, -0.1) is 0 Å². The molecular weight excluding hydrogens is 206 g/mol. The Hall–Kier alpha value is -0.200. The molecule has 0 aromatic carbocycles. The lowest BCUT2D eigenvalue weighted by Crippen LogP contribution is -2.37. The molecule has 0 saturated carbocycles. The SMILES string of the molecule is O=[N+]([O-])C1OCC(Br)CO1. The van der Waals surface area contributed by atoms with Crippen LogP contribution >= 0.6 is 15.9 Å². The van der Waals surface area contributed by atoms with E-state index in [4.69, 9.17) is 0 Å². The van der Waals surface area contributed by atoms with Gasteiger partial charge in [0.25, 0.3) is 0 Å². The lowest BCUT2D eigenvalue weighted by atomic mass is 10.5. The van der Waals surface area contributed by atoms with Gasteiger partial charge in [0.1, 0.15) is 0 Å². The molecule has 10 heavy (non-hydrogen) atoms. The Bertz CT molecular complexity index is 133. The number of hydrogen-bond acceptors (Lipinski definition) is 4. The van der Waals surface area contributed by atoms with Crippen molar-refractivity contribution in [3.63, 3.8) is 0 Å². The molecule has 5 nitrogen and oxygen atoms in total. The molecular formula is C4H6BrNO4. The van der Waals surface area contributed by atoms with E-state index < -0.39 is 11.3 Å². The highest BCUT2D eigenvalue weighted by molar-refractivity contribution is 9.09. The summed E-state index contributed by atoms with van der Waals surface area (Å²) in [5.74, 6) is 0. The van der Waals surface area contributed by atoms with Crippen molar-refractivity contribution in [1.82, 2.24) is 0 Å². The van der Waals surface area contributed by atoms with Gasteiger partial charge in [-0.2, -0.15) is 0 Å². The molecule has 1 aliphatic rings. The van der Waals surface area contributed by atoms with Crippen molar-refractivity contribution in [1.29, 1.82) is 0 Å². The summed E-state index contributed by atoms with van der Waals surface area (Å²) in [6, 6.07) is 0. The minimum atomic E-state index is -1.27. The van der Waals surface area contributed by atoms with E-state index in [9.17, 15) is 10.1 Å². The summed E-state index contributed by atoms with van der Waals surface area (Å²) >= 11 is 3.19. The van der Waals surface area contributed by atoms with Crippen molar-refractivity contribution >= 4 is 15.9 Å². The lowest BCUT2D eigenvalue weighted by Gasteiger charge is -2.19. The van der Waals surface area contributed by atoms with Crippen LogP contribution in [0.1, 0.15) is 0 Å². The van der Waals surface area contributed by atoms with Gasteiger partial charge in [-0.3, -0.25) is 19.6 Å². The first kappa shape index (κ1) is 7.90. The van der Waals surface area contributed by atoms with E-state index >= 15 is 0 Å². The second-order valence-electron chi connectivity index (χ2n) is 1.86. The van der Waals surface area contributed by atoms with Crippen LogP contribution in [0.4, 0.5) is 0 Å². The van der Waals surface area contributed by atoms with E-state index in [1.165, 1.54) is 0 Å². The zero-order valence-electron chi connectivity index (χ0n) is 5.03. The monoisotopic (exact) mass is 211 g/mol. The van der Waals surface area contributed by atoms with Gasteiger partial charge in [0.15, 0.2) is 0 Å². The maximum atomic E-state index is 10.0. The molecule has 0 N–H and O–H groups in total. The second-order valence-corrected chi connectivity index (χ2v) is 3.15. The summed E-state index contributed by atoms with van der Waals surface area (Å²) in [4.78, 5) is 9.48.